The zero-order chi connectivity index (χ0) is 12.7. The van der Waals surface area contributed by atoms with Gasteiger partial charge in [-0.05, 0) is 19.1 Å². The molecule has 0 spiro atoms. The third-order valence-electron chi connectivity index (χ3n) is 1.77. The summed E-state index contributed by atoms with van der Waals surface area (Å²) >= 11 is 0. The molecule has 2 amide bonds. The van der Waals surface area contributed by atoms with Gasteiger partial charge in [-0.2, -0.15) is 0 Å². The van der Waals surface area contributed by atoms with Crippen molar-refractivity contribution in [3.05, 3.63) is 24.0 Å². The average molecular weight is 233 g/mol. The van der Waals surface area contributed by atoms with E-state index in [1.165, 1.54) is 18.3 Å². The summed E-state index contributed by atoms with van der Waals surface area (Å²) in [5.41, 5.74) is -0.0637. The fourth-order valence-electron chi connectivity index (χ4n) is 1.06. The highest BCUT2D eigenvalue weighted by Gasteiger charge is 2.12. The molecule has 1 heterocycles. The molecule has 0 aliphatic heterocycles. The fourth-order valence-corrected chi connectivity index (χ4v) is 1.06. The molecule has 0 saturated carbocycles. The molecule has 6 nitrogen and oxygen atoms in total. The second-order valence-electron chi connectivity index (χ2n) is 2.94. The largest absolute Gasteiger partial charge is 0.476 e. The maximum absolute atomic E-state index is 11.4. The first-order chi connectivity index (χ1) is 8.15. The molecule has 0 unspecified atom stereocenters. The van der Waals surface area contributed by atoms with Crippen LogP contribution in [-0.2, 0) is 0 Å². The van der Waals surface area contributed by atoms with Gasteiger partial charge in [-0.1, -0.05) is 5.92 Å². The topological polar surface area (TPSA) is 91.3 Å². The van der Waals surface area contributed by atoms with E-state index in [2.05, 4.69) is 27.5 Å². The number of hydrogen-bond acceptors (Lipinski definition) is 3. The van der Waals surface area contributed by atoms with E-state index in [1.54, 1.807) is 6.92 Å². The van der Waals surface area contributed by atoms with Crippen LogP contribution in [0.4, 0.5) is 10.5 Å². The third kappa shape index (κ3) is 3.83. The van der Waals surface area contributed by atoms with Gasteiger partial charge in [-0.15, -0.1) is 5.92 Å². The second kappa shape index (κ2) is 6.12. The maximum atomic E-state index is 11.4. The van der Waals surface area contributed by atoms with Gasteiger partial charge in [0.05, 0.1) is 12.2 Å². The number of hydrogen-bond donors (Lipinski definition) is 3. The summed E-state index contributed by atoms with van der Waals surface area (Å²) in [6.45, 7) is 1.86. The molecular weight excluding hydrogens is 222 g/mol. The van der Waals surface area contributed by atoms with E-state index in [4.69, 9.17) is 5.11 Å². The van der Waals surface area contributed by atoms with E-state index in [0.29, 0.717) is 0 Å². The lowest BCUT2D eigenvalue weighted by Gasteiger charge is -2.07. The smallest absolute Gasteiger partial charge is 0.356 e. The van der Waals surface area contributed by atoms with Crippen molar-refractivity contribution in [2.75, 3.05) is 11.9 Å². The minimum absolute atomic E-state index is 0.141. The minimum atomic E-state index is -1.20. The quantitative estimate of drug-likeness (QED) is 0.677. The van der Waals surface area contributed by atoms with E-state index >= 15 is 0 Å². The number of amides is 2. The molecule has 1 aromatic rings. The summed E-state index contributed by atoms with van der Waals surface area (Å²) in [6, 6.07) is 2.47. The van der Waals surface area contributed by atoms with Crippen molar-refractivity contribution in [1.82, 2.24) is 10.3 Å². The van der Waals surface area contributed by atoms with E-state index in [1.807, 2.05) is 0 Å². The van der Waals surface area contributed by atoms with Gasteiger partial charge < -0.3 is 15.7 Å². The van der Waals surface area contributed by atoms with Crippen LogP contribution in [0.15, 0.2) is 18.3 Å². The molecule has 0 atom stereocenters. The minimum Gasteiger partial charge on any atom is -0.476 e. The Labute approximate surface area is 98.1 Å². The van der Waals surface area contributed by atoms with Crippen LogP contribution in [0.2, 0.25) is 0 Å². The Morgan fingerprint density at radius 2 is 2.29 bits per heavy atom. The van der Waals surface area contributed by atoms with Gasteiger partial charge in [0.1, 0.15) is 0 Å². The zero-order valence-corrected chi connectivity index (χ0v) is 9.15. The number of anilines is 1. The lowest BCUT2D eigenvalue weighted by molar-refractivity contribution is 0.0692. The molecule has 0 radical (unpaired) electrons. The van der Waals surface area contributed by atoms with Gasteiger partial charge in [-0.3, -0.25) is 0 Å². The molecule has 0 saturated heterocycles. The van der Waals surface area contributed by atoms with Gasteiger partial charge in [0.15, 0.2) is 5.69 Å². The van der Waals surface area contributed by atoms with Gasteiger partial charge in [0.2, 0.25) is 0 Å². The van der Waals surface area contributed by atoms with Gasteiger partial charge >= 0.3 is 12.0 Å². The number of pyridine rings is 1. The normalized spacial score (nSPS) is 8.76. The van der Waals surface area contributed by atoms with E-state index in [9.17, 15) is 9.59 Å². The van der Waals surface area contributed by atoms with E-state index in [-0.39, 0.29) is 17.9 Å². The molecule has 88 valence electrons. The Morgan fingerprint density at radius 1 is 1.53 bits per heavy atom. The standard InChI is InChI=1S/C11H11N3O3/c1-2-3-6-13-11(17)14-8-5-4-7-12-9(8)10(15)16/h4-5,7H,6H2,1H3,(H,15,16)(H2,13,14,17). The number of aromatic carboxylic acids is 1. The van der Waals surface area contributed by atoms with Gasteiger partial charge in [0, 0.05) is 6.20 Å². The van der Waals surface area contributed by atoms with Gasteiger partial charge in [-0.25, -0.2) is 14.6 Å². The van der Waals surface area contributed by atoms with E-state index < -0.39 is 12.0 Å². The Hall–Kier alpha value is -2.55. The molecular formula is C11H11N3O3. The Kier molecular flexibility index (Phi) is 4.51. The molecule has 1 rings (SSSR count). The molecule has 6 heteroatoms. The predicted octanol–water partition coefficient (Wildman–Crippen LogP) is 0.925. The highest BCUT2D eigenvalue weighted by atomic mass is 16.4. The van der Waals surface area contributed by atoms with Crippen molar-refractivity contribution in [3.8, 4) is 11.8 Å². The Bertz CT molecular complexity index is 488. The average Bonchev–Trinajstić information content (AvgIpc) is 2.29. The monoisotopic (exact) mass is 233 g/mol. The highest BCUT2D eigenvalue weighted by molar-refractivity contribution is 5.98. The molecule has 0 bridgehead atoms. The molecule has 1 aromatic heterocycles. The molecule has 0 aromatic carbocycles. The zero-order valence-electron chi connectivity index (χ0n) is 9.15. The predicted molar refractivity (Wildman–Crippen MR) is 61.7 cm³/mol. The Balaban J connectivity index is 2.70. The van der Waals surface area contributed by atoms with Crippen LogP contribution in [0, 0.1) is 11.8 Å². The van der Waals surface area contributed by atoms with Crippen molar-refractivity contribution < 1.29 is 14.7 Å². The molecule has 3 N–H and O–H groups in total. The number of urea groups is 1. The maximum Gasteiger partial charge on any atom is 0.356 e. The summed E-state index contributed by atoms with van der Waals surface area (Å²) in [4.78, 5) is 25.8. The number of aromatic nitrogens is 1. The van der Waals surface area contributed by atoms with Crippen LogP contribution in [0.25, 0.3) is 0 Å². The number of carboxylic acids is 1. The first kappa shape index (κ1) is 12.5. The van der Waals surface area contributed by atoms with Crippen LogP contribution in [-0.4, -0.2) is 28.6 Å². The van der Waals surface area contributed by atoms with Crippen LogP contribution in [0.3, 0.4) is 0 Å². The Morgan fingerprint density at radius 3 is 2.94 bits per heavy atom. The molecule has 17 heavy (non-hydrogen) atoms. The second-order valence-corrected chi connectivity index (χ2v) is 2.94. The lowest BCUT2D eigenvalue weighted by atomic mass is 10.3. The first-order valence-corrected chi connectivity index (χ1v) is 4.78. The van der Waals surface area contributed by atoms with Gasteiger partial charge in [0.25, 0.3) is 0 Å². The van der Waals surface area contributed by atoms with Crippen molar-refractivity contribution in [1.29, 1.82) is 0 Å². The van der Waals surface area contributed by atoms with Crippen molar-refractivity contribution in [2.24, 2.45) is 0 Å². The first-order valence-electron chi connectivity index (χ1n) is 4.78. The number of nitrogens with one attached hydrogen (secondary N) is 2. The molecule has 0 aliphatic carbocycles. The fraction of sp³-hybridized carbons (Fsp3) is 0.182. The third-order valence-corrected chi connectivity index (χ3v) is 1.77. The van der Waals surface area contributed by atoms with Crippen LogP contribution < -0.4 is 10.6 Å². The molecule has 0 aliphatic rings. The van der Waals surface area contributed by atoms with E-state index in [0.717, 1.165) is 0 Å². The number of nitrogens with zero attached hydrogens (tertiary/aromatic N) is 1. The van der Waals surface area contributed by atoms with Crippen molar-refractivity contribution in [3.63, 3.8) is 0 Å². The van der Waals surface area contributed by atoms with Crippen molar-refractivity contribution in [2.45, 2.75) is 6.92 Å². The number of carbonyl (C=O) groups is 2. The van der Waals surface area contributed by atoms with Crippen LogP contribution in [0.1, 0.15) is 17.4 Å². The summed E-state index contributed by atoms with van der Waals surface area (Å²) in [7, 11) is 0. The van der Waals surface area contributed by atoms with Crippen LogP contribution >= 0.6 is 0 Å². The van der Waals surface area contributed by atoms with Crippen LogP contribution in [0.5, 0.6) is 0 Å². The highest BCUT2D eigenvalue weighted by Crippen LogP contribution is 2.11. The number of rotatable bonds is 3. The lowest BCUT2D eigenvalue weighted by Crippen LogP contribution is -2.29. The number of carbonyl (C=O) groups excluding carboxylic acids is 1. The summed E-state index contributed by atoms with van der Waals surface area (Å²) in [5, 5.41) is 13.7. The summed E-state index contributed by atoms with van der Waals surface area (Å²) in [6.07, 6.45) is 1.34. The number of carboxylic acid groups (broad SMARTS) is 1. The van der Waals surface area contributed by atoms with Crippen molar-refractivity contribution >= 4 is 17.7 Å². The summed E-state index contributed by atoms with van der Waals surface area (Å²) < 4.78 is 0. The molecule has 0 fully saturated rings. The SMILES string of the molecule is CC#CCNC(=O)Nc1cccnc1C(=O)O. The summed E-state index contributed by atoms with van der Waals surface area (Å²) in [5.74, 6) is 4.07.